The second kappa shape index (κ2) is 9.22. The summed E-state index contributed by atoms with van der Waals surface area (Å²) in [6.07, 6.45) is 5.28. The summed E-state index contributed by atoms with van der Waals surface area (Å²) >= 11 is 0. The zero-order valence-corrected chi connectivity index (χ0v) is 19.1. The number of nitrogens with zero attached hydrogens (tertiary/aromatic N) is 1. The Labute approximate surface area is 180 Å². The average molecular weight is 416 g/mol. The summed E-state index contributed by atoms with van der Waals surface area (Å²) in [5.74, 6) is -0.326. The van der Waals surface area contributed by atoms with Gasteiger partial charge < -0.3 is 4.74 Å². The first-order chi connectivity index (χ1) is 14.4. The number of carbonyl (C=O) groups is 1. The molecule has 1 aromatic heterocycles. The number of hydrogen-bond donors (Lipinski definition) is 0. The lowest BCUT2D eigenvalue weighted by atomic mass is 10.2. The molecule has 0 aliphatic carbocycles. The third-order valence-corrected chi connectivity index (χ3v) is 11.2. The van der Waals surface area contributed by atoms with E-state index >= 15 is 0 Å². The van der Waals surface area contributed by atoms with Gasteiger partial charge in [0.15, 0.2) is 8.07 Å². The Morgan fingerprint density at radius 2 is 1.63 bits per heavy atom. The highest BCUT2D eigenvalue weighted by atomic mass is 28.3. The van der Waals surface area contributed by atoms with Gasteiger partial charge in [-0.15, -0.1) is 0 Å². The number of benzene rings is 2. The van der Waals surface area contributed by atoms with E-state index in [1.54, 1.807) is 0 Å². The van der Waals surface area contributed by atoms with Crippen molar-refractivity contribution >= 4 is 35.8 Å². The molecule has 0 radical (unpaired) electrons. The second-order valence-corrected chi connectivity index (χ2v) is 12.9. The van der Waals surface area contributed by atoms with Crippen molar-refractivity contribution in [3.8, 4) is 0 Å². The smallest absolute Gasteiger partial charge is 0.330 e. The van der Waals surface area contributed by atoms with Crippen LogP contribution >= 0.6 is 0 Å². The molecular formula is C26H29NO2Si. The fourth-order valence-electron chi connectivity index (χ4n) is 4.27. The molecule has 0 amide bonds. The predicted molar refractivity (Wildman–Crippen MR) is 127 cm³/mol. The summed E-state index contributed by atoms with van der Waals surface area (Å²) in [4.78, 5) is 16.9. The molecule has 2 aromatic carbocycles. The molecular weight excluding hydrogens is 386 g/mol. The Bertz CT molecular complexity index is 968. The molecule has 0 aliphatic heterocycles. The van der Waals surface area contributed by atoms with Crippen LogP contribution in [0.15, 0.2) is 85.1 Å². The minimum atomic E-state index is -2.57. The maximum atomic E-state index is 12.0. The molecule has 0 saturated carbocycles. The first-order valence-corrected chi connectivity index (χ1v) is 12.3. The van der Waals surface area contributed by atoms with Crippen molar-refractivity contribution in [2.45, 2.75) is 32.7 Å². The molecule has 0 fully saturated rings. The van der Waals surface area contributed by atoms with Gasteiger partial charge >= 0.3 is 5.97 Å². The molecule has 0 saturated heterocycles. The van der Waals surface area contributed by atoms with Crippen LogP contribution in [0.4, 0.5) is 0 Å². The van der Waals surface area contributed by atoms with E-state index in [1.165, 1.54) is 16.4 Å². The Hall–Kier alpha value is -2.98. The Kier molecular flexibility index (Phi) is 6.68. The zero-order valence-electron chi connectivity index (χ0n) is 18.1. The summed E-state index contributed by atoms with van der Waals surface area (Å²) in [5, 5.41) is 3.58. The average Bonchev–Trinajstić information content (AvgIpc) is 2.74. The molecule has 0 bridgehead atoms. The van der Waals surface area contributed by atoms with Gasteiger partial charge in [-0.3, -0.25) is 4.98 Å². The van der Waals surface area contributed by atoms with Crippen LogP contribution in [0.2, 0.25) is 5.04 Å². The van der Waals surface area contributed by atoms with E-state index in [2.05, 4.69) is 81.4 Å². The van der Waals surface area contributed by atoms with Crippen LogP contribution in [0.1, 0.15) is 33.3 Å². The van der Waals surface area contributed by atoms with Crippen molar-refractivity contribution in [1.29, 1.82) is 0 Å². The molecule has 3 rings (SSSR count). The van der Waals surface area contributed by atoms with Gasteiger partial charge in [-0.05, 0) is 46.1 Å². The summed E-state index contributed by atoms with van der Waals surface area (Å²) in [7, 11) is -2.57. The quantitative estimate of drug-likeness (QED) is 0.348. The van der Waals surface area contributed by atoms with E-state index in [-0.39, 0.29) is 11.0 Å². The fraction of sp³-hybridized carbons (Fsp3) is 0.231. The van der Waals surface area contributed by atoms with Crippen LogP contribution in [0.5, 0.6) is 0 Å². The van der Waals surface area contributed by atoms with Gasteiger partial charge in [0, 0.05) is 17.6 Å². The maximum absolute atomic E-state index is 12.0. The lowest BCUT2D eigenvalue weighted by Crippen LogP contribution is -2.73. The molecule has 1 atom stereocenters. The van der Waals surface area contributed by atoms with Crippen LogP contribution in [-0.4, -0.2) is 25.6 Å². The molecule has 3 aromatic rings. The molecule has 4 heteroatoms. The van der Waals surface area contributed by atoms with E-state index in [0.717, 1.165) is 10.9 Å². The van der Waals surface area contributed by atoms with Crippen molar-refractivity contribution in [2.24, 2.45) is 0 Å². The first kappa shape index (κ1) is 21.7. The Morgan fingerprint density at radius 1 is 0.967 bits per heavy atom. The van der Waals surface area contributed by atoms with Crippen LogP contribution in [0, 0.1) is 0 Å². The van der Waals surface area contributed by atoms with Crippen LogP contribution < -0.4 is 15.7 Å². The summed E-state index contributed by atoms with van der Waals surface area (Å²) in [5.41, 5.74) is 1.03. The SMILES string of the molecule is CCOC(=O)/C=C/c1ccccc1[Si@](c1ccccc1)(c1ccccn1)C(C)(C)C. The summed E-state index contributed by atoms with van der Waals surface area (Å²) in [6.45, 7) is 9.07. The topological polar surface area (TPSA) is 39.2 Å². The van der Waals surface area contributed by atoms with Crippen LogP contribution in [0.3, 0.4) is 0 Å². The number of aromatic nitrogens is 1. The van der Waals surface area contributed by atoms with Gasteiger partial charge in [-0.2, -0.15) is 0 Å². The highest BCUT2D eigenvalue weighted by Gasteiger charge is 2.51. The normalized spacial score (nSPS) is 13.7. The third-order valence-electron chi connectivity index (χ3n) is 5.43. The first-order valence-electron chi connectivity index (χ1n) is 10.3. The number of carbonyl (C=O) groups excluding carboxylic acids is 1. The Balaban J connectivity index is 2.34. The van der Waals surface area contributed by atoms with Gasteiger partial charge in [-0.25, -0.2) is 4.79 Å². The molecule has 154 valence electrons. The van der Waals surface area contributed by atoms with Crippen molar-refractivity contribution in [2.75, 3.05) is 6.61 Å². The predicted octanol–water partition coefficient (Wildman–Crippen LogP) is 3.93. The lowest BCUT2D eigenvalue weighted by molar-refractivity contribution is -0.137. The monoisotopic (exact) mass is 415 g/mol. The maximum Gasteiger partial charge on any atom is 0.330 e. The highest BCUT2D eigenvalue weighted by molar-refractivity contribution is 7.13. The van der Waals surface area contributed by atoms with Crippen molar-refractivity contribution in [1.82, 2.24) is 4.98 Å². The van der Waals surface area contributed by atoms with Gasteiger partial charge in [-0.1, -0.05) is 81.4 Å². The van der Waals surface area contributed by atoms with Crippen molar-refractivity contribution in [3.05, 3.63) is 90.6 Å². The van der Waals surface area contributed by atoms with E-state index in [9.17, 15) is 4.79 Å². The number of ether oxygens (including phenoxy) is 1. The zero-order chi connectivity index (χ0) is 21.6. The highest BCUT2D eigenvalue weighted by Crippen LogP contribution is 2.36. The Morgan fingerprint density at radius 3 is 2.27 bits per heavy atom. The van der Waals surface area contributed by atoms with Gasteiger partial charge in [0.25, 0.3) is 0 Å². The van der Waals surface area contributed by atoms with Crippen molar-refractivity contribution in [3.63, 3.8) is 0 Å². The molecule has 30 heavy (non-hydrogen) atoms. The van der Waals surface area contributed by atoms with Gasteiger partial charge in [0.05, 0.1) is 6.61 Å². The number of esters is 1. The van der Waals surface area contributed by atoms with Gasteiger partial charge in [0.1, 0.15) is 0 Å². The molecule has 0 aliphatic rings. The molecule has 0 N–H and O–H groups in total. The number of pyridine rings is 1. The molecule has 1 heterocycles. The van der Waals surface area contributed by atoms with Gasteiger partial charge in [0.2, 0.25) is 0 Å². The van der Waals surface area contributed by atoms with Crippen molar-refractivity contribution < 1.29 is 9.53 Å². The van der Waals surface area contributed by atoms with E-state index in [0.29, 0.717) is 6.61 Å². The number of hydrogen-bond acceptors (Lipinski definition) is 3. The number of rotatable bonds is 6. The largest absolute Gasteiger partial charge is 0.463 e. The van der Waals surface area contributed by atoms with E-state index in [4.69, 9.17) is 9.72 Å². The minimum absolute atomic E-state index is 0.0728. The fourth-order valence-corrected chi connectivity index (χ4v) is 9.85. The summed E-state index contributed by atoms with van der Waals surface area (Å²) in [6, 6.07) is 25.2. The lowest BCUT2D eigenvalue weighted by Gasteiger charge is -2.44. The van der Waals surface area contributed by atoms with Crippen LogP contribution in [0.25, 0.3) is 6.08 Å². The third kappa shape index (κ3) is 4.14. The van der Waals surface area contributed by atoms with Crippen LogP contribution in [-0.2, 0) is 9.53 Å². The minimum Gasteiger partial charge on any atom is -0.463 e. The van der Waals surface area contributed by atoms with E-state index in [1.807, 2.05) is 31.3 Å². The molecule has 3 nitrogen and oxygen atoms in total. The summed E-state index contributed by atoms with van der Waals surface area (Å²) < 4.78 is 5.10. The molecule has 0 unspecified atom stereocenters. The standard InChI is InChI=1S/C26H29NO2Si/c1-5-29-25(28)19-18-21-13-9-10-16-23(21)30(26(2,3)4,22-14-7-6-8-15-22)24-17-11-12-20-27-24/h6-20H,5H2,1-4H3/b19-18+/t30-/m1/s1. The second-order valence-electron chi connectivity index (χ2n) is 8.25. The molecule has 0 spiro atoms. The van der Waals surface area contributed by atoms with E-state index < -0.39 is 8.07 Å².